The molecule has 0 atom stereocenters. The van der Waals surface area contributed by atoms with Crippen molar-refractivity contribution >= 4 is 99.9 Å². The lowest BCUT2D eigenvalue weighted by atomic mass is 10.2. The lowest BCUT2D eigenvalue weighted by molar-refractivity contribution is 0.650. The Morgan fingerprint density at radius 2 is 1.32 bits per heavy atom. The standard InChI is InChI=1S/C16H14N2S2.C15H14N2S3/c1-3-12-15(18-7-6-17-16(18)20-12)14-9-11-5-4-10(2)8-13(11)19-14;1-9-3-4-10-8-12(19-11(10)7-9)13-14(18-2)20-15-16-5-6-17(13)15/h3-5,8-9H,1,6-7H2,2H3;3-4,7-8H,5-6H2,1-2H3. The van der Waals surface area contributed by atoms with Crippen LogP contribution in [0, 0.1) is 13.8 Å². The van der Waals surface area contributed by atoms with E-state index in [-0.39, 0.29) is 0 Å². The third-order valence-electron chi connectivity index (χ3n) is 7.14. The molecule has 0 amide bonds. The first-order chi connectivity index (χ1) is 19.5. The largest absolute Gasteiger partial charge is 0.317 e. The van der Waals surface area contributed by atoms with Gasteiger partial charge in [-0.3, -0.25) is 9.98 Å². The van der Waals surface area contributed by atoms with Crippen LogP contribution >= 0.6 is 58.0 Å². The molecule has 8 rings (SSSR count). The van der Waals surface area contributed by atoms with Crippen LogP contribution in [0.1, 0.15) is 20.9 Å². The van der Waals surface area contributed by atoms with Gasteiger partial charge in [0.15, 0.2) is 10.3 Å². The molecule has 6 heterocycles. The number of nitrogens with zero attached hydrogens (tertiary/aromatic N) is 4. The summed E-state index contributed by atoms with van der Waals surface area (Å²) < 4.78 is 4.11. The van der Waals surface area contributed by atoms with E-state index in [0.29, 0.717) is 0 Å². The van der Waals surface area contributed by atoms with E-state index in [1.54, 1.807) is 11.8 Å². The Morgan fingerprint density at radius 3 is 1.90 bits per heavy atom. The Kier molecular flexibility index (Phi) is 7.12. The topological polar surface area (TPSA) is 31.2 Å². The Morgan fingerprint density at radius 1 is 0.775 bits per heavy atom. The first kappa shape index (κ1) is 26.5. The molecule has 9 heteroatoms. The van der Waals surface area contributed by atoms with Crippen molar-refractivity contribution in [3.05, 3.63) is 91.2 Å². The number of rotatable bonds is 4. The summed E-state index contributed by atoms with van der Waals surface area (Å²) >= 11 is 9.15. The highest BCUT2D eigenvalue weighted by Gasteiger charge is 2.34. The Hall–Kier alpha value is -2.43. The van der Waals surface area contributed by atoms with Crippen molar-refractivity contribution in [2.45, 2.75) is 13.8 Å². The number of fused-ring (bicyclic) bond motifs is 4. The monoisotopic (exact) mass is 616 g/mol. The summed E-state index contributed by atoms with van der Waals surface area (Å²) in [5.74, 6) is 0. The summed E-state index contributed by atoms with van der Waals surface area (Å²) in [6.45, 7) is 12.1. The van der Waals surface area contributed by atoms with Crippen LogP contribution in [-0.2, 0) is 0 Å². The molecule has 2 aromatic carbocycles. The minimum Gasteiger partial charge on any atom is -0.317 e. The van der Waals surface area contributed by atoms with Gasteiger partial charge in [0, 0.05) is 27.4 Å². The van der Waals surface area contributed by atoms with E-state index in [4.69, 9.17) is 0 Å². The van der Waals surface area contributed by atoms with Crippen molar-refractivity contribution in [3.8, 4) is 0 Å². The average Bonchev–Trinajstić information content (AvgIpc) is 3.76. The summed E-state index contributed by atoms with van der Waals surface area (Å²) in [5, 5.41) is 4.97. The molecular weight excluding hydrogens is 589 g/mol. The SMILES string of the molecule is C=CC1=C(c2cc3ccc(C)cc3s2)N2CCN=C2S1.CSC1=C(c2cc3ccc(C)cc3s2)N2CCN=C2S1. The number of aryl methyl sites for hydroxylation is 2. The van der Waals surface area contributed by atoms with Crippen molar-refractivity contribution in [2.24, 2.45) is 9.98 Å². The normalized spacial score (nSPS) is 18.0. The van der Waals surface area contributed by atoms with Gasteiger partial charge in [-0.25, -0.2) is 0 Å². The van der Waals surface area contributed by atoms with Crippen molar-refractivity contribution in [2.75, 3.05) is 32.4 Å². The van der Waals surface area contributed by atoms with E-state index in [0.717, 1.165) is 31.3 Å². The fourth-order valence-corrected chi connectivity index (χ4v) is 10.8. The zero-order chi connectivity index (χ0) is 27.4. The molecule has 4 aliphatic rings. The molecule has 4 aromatic rings. The molecule has 0 unspecified atom stereocenters. The predicted molar refractivity (Wildman–Crippen MR) is 184 cm³/mol. The smallest absolute Gasteiger partial charge is 0.169 e. The molecule has 0 saturated heterocycles. The lowest BCUT2D eigenvalue weighted by Crippen LogP contribution is -2.19. The van der Waals surface area contributed by atoms with Crippen molar-refractivity contribution in [1.82, 2.24) is 9.80 Å². The van der Waals surface area contributed by atoms with Crippen LogP contribution < -0.4 is 0 Å². The number of hydrogen-bond acceptors (Lipinski definition) is 9. The van der Waals surface area contributed by atoms with E-state index < -0.39 is 0 Å². The fraction of sp³-hybridized carbons (Fsp3) is 0.226. The van der Waals surface area contributed by atoms with Crippen LogP contribution in [-0.4, -0.2) is 52.6 Å². The lowest BCUT2D eigenvalue weighted by Gasteiger charge is -2.15. The number of benzene rings is 2. The third-order valence-corrected chi connectivity index (χ3v) is 12.7. The quantitative estimate of drug-likeness (QED) is 0.228. The number of thioether (sulfide) groups is 3. The minimum absolute atomic E-state index is 0.903. The molecule has 4 nitrogen and oxygen atoms in total. The molecule has 2 aromatic heterocycles. The zero-order valence-electron chi connectivity index (χ0n) is 22.6. The minimum atomic E-state index is 0.903. The second kappa shape index (κ2) is 10.8. The molecule has 4 aliphatic heterocycles. The number of thiophene rings is 2. The van der Waals surface area contributed by atoms with Gasteiger partial charge in [-0.05, 0) is 89.8 Å². The average molecular weight is 617 g/mol. The van der Waals surface area contributed by atoms with Crippen molar-refractivity contribution in [1.29, 1.82) is 0 Å². The van der Waals surface area contributed by atoms with E-state index in [2.05, 4.69) is 95.0 Å². The van der Waals surface area contributed by atoms with Gasteiger partial charge in [0.2, 0.25) is 0 Å². The summed E-state index contributed by atoms with van der Waals surface area (Å²) in [5.41, 5.74) is 5.31. The van der Waals surface area contributed by atoms with E-state index in [9.17, 15) is 0 Å². The molecule has 0 saturated carbocycles. The van der Waals surface area contributed by atoms with E-state index in [1.165, 1.54) is 66.8 Å². The van der Waals surface area contributed by atoms with Crippen molar-refractivity contribution < 1.29 is 0 Å². The maximum atomic E-state index is 4.59. The Balaban J connectivity index is 0.000000132. The molecule has 0 fully saturated rings. The molecule has 0 spiro atoms. The van der Waals surface area contributed by atoms with Gasteiger partial charge in [-0.15, -0.1) is 34.4 Å². The number of allylic oxidation sites excluding steroid dienone is 1. The summed E-state index contributed by atoms with van der Waals surface area (Å²) in [6, 6.07) is 18.0. The first-order valence-corrected chi connectivity index (χ1v) is 17.7. The number of hydrogen-bond donors (Lipinski definition) is 0. The molecule has 0 N–H and O–H groups in total. The van der Waals surface area contributed by atoms with Gasteiger partial charge in [0.1, 0.15) is 0 Å². The summed E-state index contributed by atoms with van der Waals surface area (Å²) in [4.78, 5) is 17.8. The fourth-order valence-electron chi connectivity index (χ4n) is 5.24. The zero-order valence-corrected chi connectivity index (χ0v) is 26.6. The summed E-state index contributed by atoms with van der Waals surface area (Å²) in [7, 11) is 0. The molecule has 0 bridgehead atoms. The van der Waals surface area contributed by atoms with Crippen LogP contribution in [0.3, 0.4) is 0 Å². The van der Waals surface area contributed by atoms with Gasteiger partial charge >= 0.3 is 0 Å². The maximum absolute atomic E-state index is 4.59. The summed E-state index contributed by atoms with van der Waals surface area (Å²) in [6.07, 6.45) is 4.11. The van der Waals surface area contributed by atoms with Gasteiger partial charge in [-0.2, -0.15) is 0 Å². The predicted octanol–water partition coefficient (Wildman–Crippen LogP) is 9.10. The van der Waals surface area contributed by atoms with Crippen molar-refractivity contribution in [3.63, 3.8) is 0 Å². The van der Waals surface area contributed by atoms with Crippen LogP contribution in [0.25, 0.3) is 31.6 Å². The molecular formula is C31H28N4S5. The Labute approximate surface area is 255 Å². The molecule has 0 radical (unpaired) electrons. The van der Waals surface area contributed by atoms with Crippen LogP contribution in [0.15, 0.2) is 80.3 Å². The van der Waals surface area contributed by atoms with E-state index >= 15 is 0 Å². The third kappa shape index (κ3) is 4.65. The van der Waals surface area contributed by atoms with Crippen LogP contribution in [0.5, 0.6) is 0 Å². The number of aliphatic imine (C=N–C) groups is 2. The highest BCUT2D eigenvalue weighted by atomic mass is 32.2. The maximum Gasteiger partial charge on any atom is 0.169 e. The van der Waals surface area contributed by atoms with Gasteiger partial charge in [0.05, 0.1) is 38.5 Å². The van der Waals surface area contributed by atoms with Crippen LogP contribution in [0.4, 0.5) is 0 Å². The van der Waals surface area contributed by atoms with Gasteiger partial charge in [-0.1, -0.05) is 36.9 Å². The van der Waals surface area contributed by atoms with Gasteiger partial charge < -0.3 is 9.80 Å². The van der Waals surface area contributed by atoms with Crippen LogP contribution in [0.2, 0.25) is 0 Å². The van der Waals surface area contributed by atoms with Gasteiger partial charge in [0.25, 0.3) is 0 Å². The highest BCUT2D eigenvalue weighted by Crippen LogP contribution is 2.48. The Bertz CT molecular complexity index is 1800. The molecule has 202 valence electrons. The molecule has 0 aliphatic carbocycles. The highest BCUT2D eigenvalue weighted by molar-refractivity contribution is 8.30. The second-order valence-corrected chi connectivity index (χ2v) is 15.1. The first-order valence-electron chi connectivity index (χ1n) is 13.2. The van der Waals surface area contributed by atoms with E-state index in [1.807, 2.05) is 52.3 Å². The second-order valence-electron chi connectivity index (χ2n) is 9.90. The number of amidine groups is 2. The molecule has 40 heavy (non-hydrogen) atoms.